The molecule has 0 bridgehead atoms. The first-order valence-electron chi connectivity index (χ1n) is 17.2. The van der Waals surface area contributed by atoms with Crippen molar-refractivity contribution in [2.75, 3.05) is 55.9 Å². The summed E-state index contributed by atoms with van der Waals surface area (Å²) >= 11 is 0. The number of esters is 1. The Kier molecular flexibility index (Phi) is 12.5. The van der Waals surface area contributed by atoms with Gasteiger partial charge in [-0.1, -0.05) is 81.8 Å². The lowest BCUT2D eigenvalue weighted by Gasteiger charge is -2.36. The smallest absolute Gasteiger partial charge is 0.307 e. The fourth-order valence-corrected chi connectivity index (χ4v) is 6.34. The van der Waals surface area contributed by atoms with E-state index >= 15 is 0 Å². The molecule has 0 radical (unpaired) electrons. The lowest BCUT2D eigenvalue weighted by atomic mass is 10.1. The highest BCUT2D eigenvalue weighted by Crippen LogP contribution is 2.29. The van der Waals surface area contributed by atoms with Crippen molar-refractivity contribution in [2.24, 2.45) is 0 Å². The first-order chi connectivity index (χ1) is 22.1. The third-order valence-corrected chi connectivity index (χ3v) is 9.03. The number of hydrogen-bond donors (Lipinski definition) is 0. The van der Waals surface area contributed by atoms with Crippen LogP contribution in [0, 0.1) is 0 Å². The van der Waals surface area contributed by atoms with Crippen molar-refractivity contribution in [3.8, 4) is 5.88 Å². The van der Waals surface area contributed by atoms with Gasteiger partial charge in [0.15, 0.2) is 6.73 Å². The molecule has 2 aliphatic heterocycles. The van der Waals surface area contributed by atoms with Gasteiger partial charge in [0.1, 0.15) is 5.82 Å². The first-order valence-corrected chi connectivity index (χ1v) is 17.2. The summed E-state index contributed by atoms with van der Waals surface area (Å²) in [7, 11) is 0. The average Bonchev–Trinajstić information content (AvgIpc) is 3.07. The minimum absolute atomic E-state index is 0.0728. The Hall–Kier alpha value is -3.65. The molecule has 3 heterocycles. The van der Waals surface area contributed by atoms with Gasteiger partial charge in [0.05, 0.1) is 6.61 Å². The summed E-state index contributed by atoms with van der Waals surface area (Å²) in [5.41, 5.74) is 2.31. The number of hydrogen-bond acceptors (Lipinski definition) is 7. The highest BCUT2D eigenvalue weighted by molar-refractivity contribution is 5.95. The van der Waals surface area contributed by atoms with Crippen molar-refractivity contribution in [3.05, 3.63) is 60.2 Å². The van der Waals surface area contributed by atoms with Crippen molar-refractivity contribution in [2.45, 2.75) is 84.0 Å². The van der Waals surface area contributed by atoms with Crippen LogP contribution < -0.4 is 14.5 Å². The summed E-state index contributed by atoms with van der Waals surface area (Å²) in [6.07, 6.45) is 11.4. The molecule has 8 heteroatoms. The third-order valence-electron chi connectivity index (χ3n) is 9.03. The standard InChI is InChI=1S/C37H50N4O4/c1-2-3-4-5-6-7-8-18-36(43)45-29-41-35(42)22-20-31-19-21-34(38-37(31)41)44-28-12-11-23-39-24-26-40(27-25-39)33-17-13-15-30-14-9-10-16-32(30)33/h9-10,13-17,19,21H,2-8,11-12,18,20,22-29H2,1H3. The number of anilines is 2. The number of pyridine rings is 1. The predicted octanol–water partition coefficient (Wildman–Crippen LogP) is 7.14. The number of benzene rings is 2. The molecule has 5 rings (SSSR count). The first kappa shape index (κ1) is 32.7. The van der Waals surface area contributed by atoms with Gasteiger partial charge < -0.3 is 14.4 Å². The quantitative estimate of drug-likeness (QED) is 0.118. The fraction of sp³-hybridized carbons (Fsp3) is 0.541. The summed E-state index contributed by atoms with van der Waals surface area (Å²) in [4.78, 5) is 36.3. The summed E-state index contributed by atoms with van der Waals surface area (Å²) in [6.45, 7) is 7.93. The van der Waals surface area contributed by atoms with Gasteiger partial charge in [-0.3, -0.25) is 19.4 Å². The zero-order chi connectivity index (χ0) is 31.3. The van der Waals surface area contributed by atoms with Gasteiger partial charge in [0.2, 0.25) is 11.8 Å². The van der Waals surface area contributed by atoms with E-state index in [0.29, 0.717) is 37.6 Å². The van der Waals surface area contributed by atoms with Crippen LogP contribution in [0.15, 0.2) is 54.6 Å². The fourth-order valence-electron chi connectivity index (χ4n) is 6.34. The molecule has 242 valence electrons. The molecular formula is C37H50N4O4. The Balaban J connectivity index is 1.01. The summed E-state index contributed by atoms with van der Waals surface area (Å²) in [5.74, 6) is 0.727. The number of aryl methyl sites for hydroxylation is 1. The van der Waals surface area contributed by atoms with Crippen molar-refractivity contribution in [1.82, 2.24) is 9.88 Å². The number of ether oxygens (including phenoxy) is 2. The van der Waals surface area contributed by atoms with E-state index in [4.69, 9.17) is 9.47 Å². The molecule has 2 aliphatic rings. The second-order valence-electron chi connectivity index (χ2n) is 12.4. The molecule has 8 nitrogen and oxygen atoms in total. The second-order valence-corrected chi connectivity index (χ2v) is 12.4. The van der Waals surface area contributed by atoms with Crippen molar-refractivity contribution in [1.29, 1.82) is 0 Å². The number of amides is 1. The Bertz CT molecular complexity index is 1380. The average molecular weight is 615 g/mol. The third kappa shape index (κ3) is 9.42. The number of carbonyl (C=O) groups is 2. The van der Waals surface area contributed by atoms with Crippen molar-refractivity contribution >= 4 is 34.2 Å². The van der Waals surface area contributed by atoms with Gasteiger partial charge in [0.25, 0.3) is 0 Å². The maximum absolute atomic E-state index is 12.7. The summed E-state index contributed by atoms with van der Waals surface area (Å²) in [5, 5.41) is 2.62. The molecule has 0 unspecified atom stereocenters. The Morgan fingerprint density at radius 2 is 1.60 bits per heavy atom. The number of aromatic nitrogens is 1. The number of piperazine rings is 1. The van der Waals surface area contributed by atoms with Gasteiger partial charge in [-0.15, -0.1) is 0 Å². The predicted molar refractivity (Wildman–Crippen MR) is 181 cm³/mol. The van der Waals surface area contributed by atoms with Crippen LogP contribution in [0.1, 0.15) is 83.1 Å². The van der Waals surface area contributed by atoms with E-state index < -0.39 is 0 Å². The van der Waals surface area contributed by atoms with Crippen LogP contribution in [-0.2, 0) is 20.7 Å². The van der Waals surface area contributed by atoms with Gasteiger partial charge in [-0.2, -0.15) is 4.98 Å². The maximum Gasteiger partial charge on any atom is 0.307 e. The molecule has 0 atom stereocenters. The van der Waals surface area contributed by atoms with E-state index in [1.54, 1.807) is 0 Å². The Morgan fingerprint density at radius 3 is 2.44 bits per heavy atom. The SMILES string of the molecule is CCCCCCCCCC(=O)OCN1C(=O)CCc2ccc(OCCCCN3CCN(c4cccc5ccccc45)CC3)nc21. The molecule has 1 fully saturated rings. The van der Waals surface area contributed by atoms with Crippen molar-refractivity contribution < 1.29 is 19.1 Å². The topological polar surface area (TPSA) is 75.2 Å². The second kappa shape index (κ2) is 17.2. The van der Waals surface area contributed by atoms with E-state index in [0.717, 1.165) is 70.4 Å². The summed E-state index contributed by atoms with van der Waals surface area (Å²) in [6, 6.07) is 19.1. The highest BCUT2D eigenvalue weighted by Gasteiger charge is 2.27. The summed E-state index contributed by atoms with van der Waals surface area (Å²) < 4.78 is 11.5. The molecule has 45 heavy (non-hydrogen) atoms. The molecule has 3 aromatic rings. The minimum atomic E-state index is -0.258. The van der Waals surface area contributed by atoms with Crippen LogP contribution >= 0.6 is 0 Å². The van der Waals surface area contributed by atoms with Crippen LogP contribution in [0.2, 0.25) is 0 Å². The van der Waals surface area contributed by atoms with Crippen molar-refractivity contribution in [3.63, 3.8) is 0 Å². The zero-order valence-electron chi connectivity index (χ0n) is 27.1. The van der Waals surface area contributed by atoms with Gasteiger partial charge in [-0.05, 0) is 55.3 Å². The van der Waals surface area contributed by atoms with Crippen LogP contribution in [0.4, 0.5) is 11.5 Å². The minimum Gasteiger partial charge on any atom is -0.478 e. The number of nitrogens with zero attached hydrogens (tertiary/aromatic N) is 4. The maximum atomic E-state index is 12.7. The molecule has 0 aliphatic carbocycles. The molecular weight excluding hydrogens is 564 g/mol. The van der Waals surface area contributed by atoms with E-state index in [2.05, 4.69) is 64.2 Å². The Labute approximate surface area is 268 Å². The monoisotopic (exact) mass is 614 g/mol. The molecule has 1 amide bonds. The molecule has 1 saturated heterocycles. The van der Waals surface area contributed by atoms with Gasteiger partial charge in [0, 0.05) is 56.2 Å². The van der Waals surface area contributed by atoms with Crippen LogP contribution in [0.25, 0.3) is 10.8 Å². The lowest BCUT2D eigenvalue weighted by Crippen LogP contribution is -2.46. The molecule has 0 saturated carbocycles. The number of fused-ring (bicyclic) bond motifs is 2. The van der Waals surface area contributed by atoms with Crippen LogP contribution in [0.5, 0.6) is 5.88 Å². The number of rotatable bonds is 17. The molecule has 1 aromatic heterocycles. The van der Waals surface area contributed by atoms with E-state index in [-0.39, 0.29) is 18.6 Å². The molecule has 0 N–H and O–H groups in total. The zero-order valence-corrected chi connectivity index (χ0v) is 27.1. The van der Waals surface area contributed by atoms with E-state index in [9.17, 15) is 9.59 Å². The van der Waals surface area contributed by atoms with E-state index in [1.807, 2.05) is 12.1 Å². The molecule has 0 spiro atoms. The lowest BCUT2D eigenvalue weighted by molar-refractivity contribution is -0.144. The Morgan fingerprint density at radius 1 is 0.822 bits per heavy atom. The van der Waals surface area contributed by atoms with Gasteiger partial charge in [-0.25, -0.2) is 0 Å². The number of carbonyl (C=O) groups excluding carboxylic acids is 2. The van der Waals surface area contributed by atoms with Crippen LogP contribution in [-0.4, -0.2) is 67.8 Å². The largest absolute Gasteiger partial charge is 0.478 e. The normalized spacial score (nSPS) is 15.4. The van der Waals surface area contributed by atoms with Crippen LogP contribution in [0.3, 0.4) is 0 Å². The van der Waals surface area contributed by atoms with E-state index in [1.165, 1.54) is 47.0 Å². The number of unbranched alkanes of at least 4 members (excludes halogenated alkanes) is 7. The molecule has 2 aromatic carbocycles. The van der Waals surface area contributed by atoms with Gasteiger partial charge >= 0.3 is 5.97 Å². The highest BCUT2D eigenvalue weighted by atomic mass is 16.5.